The molecule has 1 heteroatoms. The van der Waals surface area contributed by atoms with E-state index in [-0.39, 0.29) is 0 Å². The zero-order chi connectivity index (χ0) is 20.1. The second-order valence-electron chi connectivity index (χ2n) is 12.1. The second-order valence-corrected chi connectivity index (χ2v) is 12.1. The fourth-order valence-electron chi connectivity index (χ4n) is 8.53. The van der Waals surface area contributed by atoms with Crippen molar-refractivity contribution < 1.29 is 0 Å². The number of hydrogen-bond acceptors (Lipinski definition) is 1. The molecule has 3 saturated carbocycles. The third kappa shape index (κ3) is 3.33. The molecule has 0 aliphatic heterocycles. The maximum atomic E-state index is 8.19. The quantitative estimate of drug-likeness (QED) is 0.464. The summed E-state index contributed by atoms with van der Waals surface area (Å²) in [7, 11) is 0. The van der Waals surface area contributed by atoms with Gasteiger partial charge in [0.15, 0.2) is 0 Å². The van der Waals surface area contributed by atoms with Crippen molar-refractivity contribution in [2.75, 3.05) is 0 Å². The van der Waals surface area contributed by atoms with Gasteiger partial charge in [-0.1, -0.05) is 65.5 Å². The summed E-state index contributed by atoms with van der Waals surface area (Å²) in [6.07, 6.45) is 17.4. The van der Waals surface area contributed by atoms with Gasteiger partial charge >= 0.3 is 0 Å². The van der Waals surface area contributed by atoms with E-state index in [0.29, 0.717) is 10.8 Å². The molecule has 0 heterocycles. The number of hydrogen-bond donors (Lipinski definition) is 1. The first-order valence-electron chi connectivity index (χ1n) is 12.5. The van der Waals surface area contributed by atoms with Crippen LogP contribution in [0.3, 0.4) is 0 Å². The van der Waals surface area contributed by atoms with Crippen LogP contribution >= 0.6 is 0 Å². The predicted molar refractivity (Wildman–Crippen MR) is 121 cm³/mol. The number of nitrogens with one attached hydrogen (secondary N) is 1. The highest BCUT2D eigenvalue weighted by molar-refractivity contribution is 5.85. The molecule has 0 saturated heterocycles. The van der Waals surface area contributed by atoms with Crippen LogP contribution in [0.4, 0.5) is 0 Å². The van der Waals surface area contributed by atoms with Crippen molar-refractivity contribution in [3.63, 3.8) is 0 Å². The van der Waals surface area contributed by atoms with Crippen LogP contribution in [0.1, 0.15) is 105 Å². The zero-order valence-corrected chi connectivity index (χ0v) is 19.3. The Kier molecular flexibility index (Phi) is 5.60. The van der Waals surface area contributed by atoms with E-state index in [9.17, 15) is 0 Å². The van der Waals surface area contributed by atoms with Gasteiger partial charge in [-0.05, 0) is 91.3 Å². The summed E-state index contributed by atoms with van der Waals surface area (Å²) in [5, 5.41) is 8.19. The fraction of sp³-hybridized carbons (Fsp3) is 0.889. The normalized spacial score (nSPS) is 43.9. The van der Waals surface area contributed by atoms with Crippen LogP contribution in [0, 0.1) is 51.7 Å². The molecular formula is C27H45N. The maximum absolute atomic E-state index is 8.19. The molecule has 3 fully saturated rings. The monoisotopic (exact) mass is 383 g/mol. The van der Waals surface area contributed by atoms with E-state index >= 15 is 0 Å². The Balaban J connectivity index is 1.50. The highest BCUT2D eigenvalue weighted by Gasteiger charge is 2.58. The van der Waals surface area contributed by atoms with E-state index in [0.717, 1.165) is 54.1 Å². The SMILES string of the molecule is CC(C)CCC[C@@H](C)C1CCC2[C@@H]3CC=C4CC(=N)CC[C@]4(C)[C@H]3CC[C@]12C. The van der Waals surface area contributed by atoms with Crippen molar-refractivity contribution in [2.45, 2.75) is 105 Å². The van der Waals surface area contributed by atoms with Crippen LogP contribution in [-0.4, -0.2) is 5.71 Å². The molecule has 0 aromatic rings. The van der Waals surface area contributed by atoms with Gasteiger partial charge in [0.05, 0.1) is 0 Å². The lowest BCUT2D eigenvalue weighted by Gasteiger charge is -2.58. The average molecular weight is 384 g/mol. The van der Waals surface area contributed by atoms with Crippen molar-refractivity contribution in [3.8, 4) is 0 Å². The summed E-state index contributed by atoms with van der Waals surface area (Å²) in [5.41, 5.74) is 3.64. The first-order valence-corrected chi connectivity index (χ1v) is 12.5. The van der Waals surface area contributed by atoms with Crippen molar-refractivity contribution >= 4 is 5.71 Å². The lowest BCUT2D eigenvalue weighted by molar-refractivity contribution is -0.0468. The summed E-state index contributed by atoms with van der Waals surface area (Å²) < 4.78 is 0. The third-order valence-corrected chi connectivity index (χ3v) is 10.2. The van der Waals surface area contributed by atoms with Crippen LogP contribution in [0.15, 0.2) is 11.6 Å². The smallest absolute Gasteiger partial charge is 0.0130 e. The largest absolute Gasteiger partial charge is 0.309 e. The number of rotatable bonds is 5. The minimum Gasteiger partial charge on any atom is -0.309 e. The van der Waals surface area contributed by atoms with E-state index in [1.54, 1.807) is 5.57 Å². The van der Waals surface area contributed by atoms with Crippen molar-refractivity contribution in [2.24, 2.45) is 46.3 Å². The summed E-state index contributed by atoms with van der Waals surface area (Å²) in [6.45, 7) is 12.6. The van der Waals surface area contributed by atoms with Crippen molar-refractivity contribution in [1.82, 2.24) is 0 Å². The molecule has 4 aliphatic carbocycles. The van der Waals surface area contributed by atoms with Crippen molar-refractivity contribution in [3.05, 3.63) is 11.6 Å². The van der Waals surface area contributed by atoms with Crippen LogP contribution in [-0.2, 0) is 0 Å². The molecule has 28 heavy (non-hydrogen) atoms. The summed E-state index contributed by atoms with van der Waals surface area (Å²) >= 11 is 0. The molecule has 0 aromatic carbocycles. The highest BCUT2D eigenvalue weighted by atomic mass is 14.6. The van der Waals surface area contributed by atoms with Gasteiger partial charge in [0.2, 0.25) is 0 Å². The van der Waals surface area contributed by atoms with E-state index in [1.165, 1.54) is 57.8 Å². The van der Waals surface area contributed by atoms with Crippen LogP contribution < -0.4 is 0 Å². The molecule has 1 N–H and O–H groups in total. The second kappa shape index (κ2) is 7.59. The first kappa shape index (κ1) is 20.7. The first-order chi connectivity index (χ1) is 13.3. The topological polar surface area (TPSA) is 23.9 Å². The minimum atomic E-state index is 0.412. The molecule has 0 aromatic heterocycles. The Morgan fingerprint density at radius 1 is 1.04 bits per heavy atom. The molecule has 0 spiro atoms. The standard InChI is InChI=1S/C27H45N/c1-18(2)7-6-8-19(3)23-11-12-24-22-10-9-20-17-21(28)13-15-26(20,4)25(22)14-16-27(23,24)5/h9,18-19,22-25,28H,6-8,10-17H2,1-5H3/t19-,22+,23?,24?,25+,26+,27-/m1/s1. The Hall–Kier alpha value is -0.590. The molecule has 158 valence electrons. The van der Waals surface area contributed by atoms with Gasteiger partial charge in [0, 0.05) is 12.1 Å². The van der Waals surface area contributed by atoms with E-state index in [1.807, 2.05) is 0 Å². The molecule has 1 nitrogen and oxygen atoms in total. The average Bonchev–Trinajstić information content (AvgIpc) is 2.99. The maximum Gasteiger partial charge on any atom is 0.0130 e. The summed E-state index contributed by atoms with van der Waals surface area (Å²) in [5.74, 6) is 5.51. The van der Waals surface area contributed by atoms with Crippen LogP contribution in [0.5, 0.6) is 0 Å². The van der Waals surface area contributed by atoms with Crippen LogP contribution in [0.2, 0.25) is 0 Å². The minimum absolute atomic E-state index is 0.412. The Morgan fingerprint density at radius 2 is 1.82 bits per heavy atom. The third-order valence-electron chi connectivity index (χ3n) is 10.2. The Morgan fingerprint density at radius 3 is 2.57 bits per heavy atom. The van der Waals surface area contributed by atoms with E-state index < -0.39 is 0 Å². The number of allylic oxidation sites excluding steroid dienone is 2. The van der Waals surface area contributed by atoms with Gasteiger partial charge in [-0.25, -0.2) is 0 Å². The van der Waals surface area contributed by atoms with Gasteiger partial charge in [0.1, 0.15) is 0 Å². The number of fused-ring (bicyclic) bond motifs is 5. The van der Waals surface area contributed by atoms with Gasteiger partial charge in [-0.15, -0.1) is 0 Å². The molecule has 0 bridgehead atoms. The summed E-state index contributed by atoms with van der Waals surface area (Å²) in [4.78, 5) is 0. The van der Waals surface area contributed by atoms with E-state index in [4.69, 9.17) is 5.41 Å². The van der Waals surface area contributed by atoms with Crippen molar-refractivity contribution in [1.29, 1.82) is 5.41 Å². The Bertz CT molecular complexity index is 630. The molecule has 2 unspecified atom stereocenters. The molecule has 0 amide bonds. The van der Waals surface area contributed by atoms with E-state index in [2.05, 4.69) is 40.7 Å². The van der Waals surface area contributed by atoms with Gasteiger partial charge < -0.3 is 5.41 Å². The van der Waals surface area contributed by atoms with Gasteiger partial charge in [0.25, 0.3) is 0 Å². The Labute approximate surface area is 174 Å². The lowest BCUT2D eigenvalue weighted by atomic mass is 9.47. The molecule has 4 rings (SSSR count). The molecule has 4 aliphatic rings. The molecular weight excluding hydrogens is 338 g/mol. The van der Waals surface area contributed by atoms with Gasteiger partial charge in [-0.2, -0.15) is 0 Å². The molecule has 0 radical (unpaired) electrons. The molecule has 7 atom stereocenters. The fourth-order valence-corrected chi connectivity index (χ4v) is 8.53. The van der Waals surface area contributed by atoms with Gasteiger partial charge in [-0.3, -0.25) is 0 Å². The zero-order valence-electron chi connectivity index (χ0n) is 19.3. The summed E-state index contributed by atoms with van der Waals surface area (Å²) in [6, 6.07) is 0. The highest BCUT2D eigenvalue weighted by Crippen LogP contribution is 2.67. The predicted octanol–water partition coefficient (Wildman–Crippen LogP) is 8.05. The lowest BCUT2D eigenvalue weighted by Crippen LogP contribution is -2.50. The van der Waals surface area contributed by atoms with Crippen LogP contribution in [0.25, 0.3) is 0 Å².